The average Bonchev–Trinajstić information content (AvgIpc) is 3.14. The van der Waals surface area contributed by atoms with Gasteiger partial charge < -0.3 is 14.2 Å². The third-order valence-electron chi connectivity index (χ3n) is 4.39. The van der Waals surface area contributed by atoms with E-state index in [1.54, 1.807) is 36.4 Å². The van der Waals surface area contributed by atoms with Crippen LogP contribution >= 0.6 is 0 Å². The number of anilines is 1. The first kappa shape index (κ1) is 17.6. The Hall–Kier alpha value is -3.81. The lowest BCUT2D eigenvalue weighted by molar-refractivity contribution is -0.122. The summed E-state index contributed by atoms with van der Waals surface area (Å²) >= 11 is 0. The molecule has 2 heterocycles. The number of urea groups is 1. The molecule has 1 N–H and O–H groups in total. The van der Waals surface area contributed by atoms with Crippen LogP contribution in [0, 0.1) is 6.92 Å². The van der Waals surface area contributed by atoms with Gasteiger partial charge in [0.05, 0.1) is 12.8 Å². The highest BCUT2D eigenvalue weighted by atomic mass is 16.7. The van der Waals surface area contributed by atoms with Crippen molar-refractivity contribution in [3.8, 4) is 17.2 Å². The summed E-state index contributed by atoms with van der Waals surface area (Å²) in [7, 11) is 1.48. The molecule has 8 nitrogen and oxygen atoms in total. The lowest BCUT2D eigenvalue weighted by atomic mass is 10.1. The second kappa shape index (κ2) is 6.73. The van der Waals surface area contributed by atoms with Crippen LogP contribution in [0.3, 0.4) is 0 Å². The summed E-state index contributed by atoms with van der Waals surface area (Å²) in [5, 5.41) is 2.20. The first-order valence-corrected chi connectivity index (χ1v) is 8.43. The van der Waals surface area contributed by atoms with Crippen LogP contribution in [0.4, 0.5) is 10.5 Å². The van der Waals surface area contributed by atoms with Crippen molar-refractivity contribution in [1.82, 2.24) is 5.32 Å². The zero-order valence-corrected chi connectivity index (χ0v) is 15.1. The third kappa shape index (κ3) is 2.94. The Morgan fingerprint density at radius 1 is 1.11 bits per heavy atom. The molecule has 4 rings (SSSR count). The zero-order chi connectivity index (χ0) is 19.8. The second-order valence-electron chi connectivity index (χ2n) is 6.25. The molecule has 2 aliphatic rings. The molecule has 1 fully saturated rings. The molecule has 8 heteroatoms. The number of imide groups is 2. The minimum atomic E-state index is -0.792. The quantitative estimate of drug-likeness (QED) is 0.649. The van der Waals surface area contributed by atoms with Crippen LogP contribution < -0.4 is 24.4 Å². The van der Waals surface area contributed by atoms with Gasteiger partial charge in [0.15, 0.2) is 11.5 Å². The van der Waals surface area contributed by atoms with E-state index in [0.717, 1.165) is 10.5 Å². The molecule has 2 aromatic carbocycles. The SMILES string of the molecule is COc1cc(/C=C2\C(=O)NC(=O)N(c3ccc(C)cc3)C2=O)cc2c1OCO2. The molecule has 0 aromatic heterocycles. The third-order valence-corrected chi connectivity index (χ3v) is 4.39. The highest BCUT2D eigenvalue weighted by Crippen LogP contribution is 2.42. The Morgan fingerprint density at radius 3 is 2.57 bits per heavy atom. The van der Waals surface area contributed by atoms with E-state index in [1.165, 1.54) is 13.2 Å². The summed E-state index contributed by atoms with van der Waals surface area (Å²) in [6, 6.07) is 9.29. The number of hydrogen-bond acceptors (Lipinski definition) is 6. The average molecular weight is 380 g/mol. The number of amides is 4. The van der Waals surface area contributed by atoms with Gasteiger partial charge >= 0.3 is 6.03 Å². The number of aryl methyl sites for hydroxylation is 1. The summed E-state index contributed by atoms with van der Waals surface area (Å²) in [4.78, 5) is 38.4. The summed E-state index contributed by atoms with van der Waals surface area (Å²) in [6.45, 7) is 1.95. The van der Waals surface area contributed by atoms with Crippen LogP contribution in [0.15, 0.2) is 42.0 Å². The van der Waals surface area contributed by atoms with E-state index < -0.39 is 17.8 Å². The molecule has 0 bridgehead atoms. The Labute approximate surface area is 160 Å². The number of hydrogen-bond donors (Lipinski definition) is 1. The van der Waals surface area contributed by atoms with Crippen molar-refractivity contribution in [2.24, 2.45) is 0 Å². The van der Waals surface area contributed by atoms with Crippen LogP contribution in [-0.4, -0.2) is 31.7 Å². The largest absolute Gasteiger partial charge is 0.493 e. The van der Waals surface area contributed by atoms with E-state index in [0.29, 0.717) is 28.5 Å². The molecule has 1 saturated heterocycles. The molecule has 4 amide bonds. The number of nitrogens with zero attached hydrogens (tertiary/aromatic N) is 1. The molecule has 0 atom stereocenters. The van der Waals surface area contributed by atoms with Gasteiger partial charge in [-0.2, -0.15) is 0 Å². The van der Waals surface area contributed by atoms with Crippen LogP contribution in [0.1, 0.15) is 11.1 Å². The van der Waals surface area contributed by atoms with Crippen molar-refractivity contribution in [2.45, 2.75) is 6.92 Å². The van der Waals surface area contributed by atoms with Gasteiger partial charge in [0, 0.05) is 0 Å². The summed E-state index contributed by atoms with van der Waals surface area (Å²) in [5.74, 6) is -0.164. The predicted octanol–water partition coefficient (Wildman–Crippen LogP) is 2.40. The second-order valence-corrected chi connectivity index (χ2v) is 6.25. The fourth-order valence-corrected chi connectivity index (χ4v) is 2.99. The summed E-state index contributed by atoms with van der Waals surface area (Å²) < 4.78 is 16.0. The summed E-state index contributed by atoms with van der Waals surface area (Å²) in [5.41, 5.74) is 1.67. The van der Waals surface area contributed by atoms with Gasteiger partial charge in [-0.15, -0.1) is 0 Å². The zero-order valence-electron chi connectivity index (χ0n) is 15.1. The van der Waals surface area contributed by atoms with Crippen LogP contribution in [-0.2, 0) is 9.59 Å². The highest BCUT2D eigenvalue weighted by Gasteiger charge is 2.37. The van der Waals surface area contributed by atoms with E-state index in [4.69, 9.17) is 14.2 Å². The molecular weight excluding hydrogens is 364 g/mol. The molecule has 0 aliphatic carbocycles. The predicted molar refractivity (Wildman–Crippen MR) is 99.3 cm³/mol. The Kier molecular flexibility index (Phi) is 4.23. The van der Waals surface area contributed by atoms with E-state index in [1.807, 2.05) is 6.92 Å². The van der Waals surface area contributed by atoms with Crippen molar-refractivity contribution in [1.29, 1.82) is 0 Å². The molecule has 28 heavy (non-hydrogen) atoms. The Bertz CT molecular complexity index is 1030. The van der Waals surface area contributed by atoms with Crippen molar-refractivity contribution in [3.05, 3.63) is 53.1 Å². The monoisotopic (exact) mass is 380 g/mol. The molecule has 0 spiro atoms. The van der Waals surface area contributed by atoms with E-state index in [-0.39, 0.29) is 12.4 Å². The number of carbonyl (C=O) groups excluding carboxylic acids is 3. The fourth-order valence-electron chi connectivity index (χ4n) is 2.99. The number of fused-ring (bicyclic) bond motifs is 1. The van der Waals surface area contributed by atoms with Crippen molar-refractivity contribution in [2.75, 3.05) is 18.8 Å². The number of ether oxygens (including phenoxy) is 3. The van der Waals surface area contributed by atoms with E-state index in [2.05, 4.69) is 5.32 Å². The van der Waals surface area contributed by atoms with Gasteiger partial charge in [-0.05, 0) is 42.8 Å². The number of nitrogens with one attached hydrogen (secondary N) is 1. The lowest BCUT2D eigenvalue weighted by Crippen LogP contribution is -2.54. The maximum Gasteiger partial charge on any atom is 0.335 e. The molecule has 0 saturated carbocycles. The topological polar surface area (TPSA) is 94.2 Å². The van der Waals surface area contributed by atoms with Crippen molar-refractivity contribution in [3.63, 3.8) is 0 Å². The van der Waals surface area contributed by atoms with Crippen LogP contribution in [0.2, 0.25) is 0 Å². The molecule has 2 aromatic rings. The summed E-state index contributed by atoms with van der Waals surface area (Å²) in [6.07, 6.45) is 1.38. The van der Waals surface area contributed by atoms with Crippen molar-refractivity contribution >= 4 is 29.6 Å². The van der Waals surface area contributed by atoms with Gasteiger partial charge in [0.25, 0.3) is 11.8 Å². The number of benzene rings is 2. The molecule has 0 unspecified atom stereocenters. The molecule has 0 radical (unpaired) electrons. The fraction of sp³-hybridized carbons (Fsp3) is 0.150. The standard InChI is InChI=1S/C20H16N2O6/c1-11-3-5-13(6-4-11)22-19(24)14(18(23)21-20(22)25)7-12-8-15(26-2)17-16(9-12)27-10-28-17/h3-9H,10H2,1-2H3,(H,21,23,25)/b14-7+. The van der Waals surface area contributed by atoms with Gasteiger partial charge in [0.1, 0.15) is 5.57 Å². The number of rotatable bonds is 3. The minimum Gasteiger partial charge on any atom is -0.493 e. The number of carbonyl (C=O) groups is 3. The van der Waals surface area contributed by atoms with E-state index in [9.17, 15) is 14.4 Å². The maximum atomic E-state index is 12.9. The van der Waals surface area contributed by atoms with Gasteiger partial charge in [-0.3, -0.25) is 14.9 Å². The molecular formula is C20H16N2O6. The van der Waals surface area contributed by atoms with Gasteiger partial charge in [0.2, 0.25) is 12.5 Å². The number of methoxy groups -OCH3 is 1. The maximum absolute atomic E-state index is 12.9. The highest BCUT2D eigenvalue weighted by molar-refractivity contribution is 6.39. The minimum absolute atomic E-state index is 0.0564. The normalized spacial score (nSPS) is 17.1. The molecule has 2 aliphatic heterocycles. The lowest BCUT2D eigenvalue weighted by Gasteiger charge is -2.26. The van der Waals surface area contributed by atoms with Gasteiger partial charge in [-0.1, -0.05) is 17.7 Å². The smallest absolute Gasteiger partial charge is 0.335 e. The van der Waals surface area contributed by atoms with E-state index >= 15 is 0 Å². The first-order chi connectivity index (χ1) is 13.5. The van der Waals surface area contributed by atoms with Gasteiger partial charge in [-0.25, -0.2) is 9.69 Å². The number of barbiturate groups is 1. The van der Waals surface area contributed by atoms with Crippen LogP contribution in [0.5, 0.6) is 17.2 Å². The van der Waals surface area contributed by atoms with Crippen LogP contribution in [0.25, 0.3) is 6.08 Å². The Morgan fingerprint density at radius 2 is 1.86 bits per heavy atom. The molecule has 142 valence electrons. The van der Waals surface area contributed by atoms with Crippen molar-refractivity contribution < 1.29 is 28.6 Å². The Balaban J connectivity index is 1.74. The first-order valence-electron chi connectivity index (χ1n) is 8.43.